The number of hydrogen-bond acceptors (Lipinski definition) is 6. The van der Waals surface area contributed by atoms with Crippen molar-refractivity contribution in [2.75, 3.05) is 31.3 Å². The van der Waals surface area contributed by atoms with Crippen molar-refractivity contribution in [2.45, 2.75) is 52.2 Å². The monoisotopic (exact) mass is 595 g/mol. The molecule has 2 atom stereocenters. The SMILES string of the molecule is CC[C@H](C)NC(=O)[C@H](Cc1ccccc1)N(Cc1ccc(C)cc1)C(=O)CN(c1cc(OC)ccc1OC)S(C)(=O)=O. The Hall–Kier alpha value is -4.05. The lowest BCUT2D eigenvalue weighted by Gasteiger charge is -2.34. The number of amides is 2. The minimum absolute atomic E-state index is 0.109. The van der Waals surface area contributed by atoms with E-state index in [1.165, 1.54) is 25.2 Å². The maximum atomic E-state index is 14.3. The first-order valence-electron chi connectivity index (χ1n) is 13.9. The van der Waals surface area contributed by atoms with Crippen LogP contribution in [0.4, 0.5) is 5.69 Å². The average molecular weight is 596 g/mol. The molecule has 2 amide bonds. The molecule has 3 aromatic carbocycles. The van der Waals surface area contributed by atoms with Gasteiger partial charge in [0.05, 0.1) is 26.2 Å². The van der Waals surface area contributed by atoms with Gasteiger partial charge in [0.25, 0.3) is 0 Å². The number of carbonyl (C=O) groups is 2. The van der Waals surface area contributed by atoms with Gasteiger partial charge in [-0.05, 0) is 43.5 Å². The molecule has 0 heterocycles. The number of carbonyl (C=O) groups excluding carboxylic acids is 2. The maximum Gasteiger partial charge on any atom is 0.244 e. The van der Waals surface area contributed by atoms with Crippen molar-refractivity contribution in [2.24, 2.45) is 0 Å². The molecule has 0 unspecified atom stereocenters. The van der Waals surface area contributed by atoms with E-state index in [0.717, 1.165) is 27.3 Å². The Kier molecular flexibility index (Phi) is 11.4. The van der Waals surface area contributed by atoms with Gasteiger partial charge < -0.3 is 19.7 Å². The molecule has 226 valence electrons. The van der Waals surface area contributed by atoms with E-state index in [1.807, 2.05) is 75.4 Å². The second kappa shape index (κ2) is 14.7. The number of hydrogen-bond donors (Lipinski definition) is 1. The third-order valence-electron chi connectivity index (χ3n) is 7.08. The minimum atomic E-state index is -3.96. The molecule has 0 saturated heterocycles. The molecule has 9 nitrogen and oxygen atoms in total. The van der Waals surface area contributed by atoms with E-state index in [0.29, 0.717) is 12.2 Å². The Morgan fingerprint density at radius 1 is 0.929 bits per heavy atom. The van der Waals surface area contributed by atoms with E-state index in [4.69, 9.17) is 9.47 Å². The molecule has 3 aromatic rings. The summed E-state index contributed by atoms with van der Waals surface area (Å²) in [5.41, 5.74) is 2.90. The summed E-state index contributed by atoms with van der Waals surface area (Å²) in [6.07, 6.45) is 2.00. The molecule has 3 rings (SSSR count). The van der Waals surface area contributed by atoms with Crippen LogP contribution in [0.2, 0.25) is 0 Å². The fourth-order valence-electron chi connectivity index (χ4n) is 4.47. The van der Waals surface area contributed by atoms with Crippen LogP contribution in [0, 0.1) is 6.92 Å². The molecule has 0 aromatic heterocycles. The fourth-order valence-corrected chi connectivity index (χ4v) is 5.32. The number of benzene rings is 3. The lowest BCUT2D eigenvalue weighted by Crippen LogP contribution is -2.54. The number of anilines is 1. The molecule has 1 N–H and O–H groups in total. The van der Waals surface area contributed by atoms with Gasteiger partial charge in [-0.15, -0.1) is 0 Å². The topological polar surface area (TPSA) is 105 Å². The zero-order chi connectivity index (χ0) is 30.9. The highest BCUT2D eigenvalue weighted by atomic mass is 32.2. The van der Waals surface area contributed by atoms with Crippen LogP contribution in [-0.2, 0) is 32.6 Å². The molecule has 0 spiro atoms. The van der Waals surface area contributed by atoms with Gasteiger partial charge in [0.1, 0.15) is 24.1 Å². The first-order chi connectivity index (χ1) is 20.0. The van der Waals surface area contributed by atoms with Crippen molar-refractivity contribution in [3.05, 3.63) is 89.5 Å². The van der Waals surface area contributed by atoms with Crippen molar-refractivity contribution in [1.82, 2.24) is 10.2 Å². The number of sulfonamides is 1. The van der Waals surface area contributed by atoms with Crippen molar-refractivity contribution >= 4 is 27.5 Å². The van der Waals surface area contributed by atoms with Gasteiger partial charge >= 0.3 is 0 Å². The first-order valence-corrected chi connectivity index (χ1v) is 15.7. The summed E-state index contributed by atoms with van der Waals surface area (Å²) >= 11 is 0. The van der Waals surface area contributed by atoms with Gasteiger partial charge in [-0.2, -0.15) is 0 Å². The van der Waals surface area contributed by atoms with Crippen molar-refractivity contribution in [3.8, 4) is 11.5 Å². The van der Waals surface area contributed by atoms with Gasteiger partial charge in [-0.1, -0.05) is 67.1 Å². The molecule has 0 aliphatic rings. The second-order valence-corrected chi connectivity index (χ2v) is 12.2. The van der Waals surface area contributed by atoms with Gasteiger partial charge in [-0.3, -0.25) is 13.9 Å². The van der Waals surface area contributed by atoms with E-state index in [1.54, 1.807) is 12.1 Å². The van der Waals surface area contributed by atoms with Gasteiger partial charge in [-0.25, -0.2) is 8.42 Å². The number of rotatable bonds is 14. The molecule has 0 bridgehead atoms. The Balaban J connectivity index is 2.11. The Labute approximate surface area is 249 Å². The van der Waals surface area contributed by atoms with E-state index in [2.05, 4.69) is 5.32 Å². The maximum absolute atomic E-state index is 14.3. The molecule has 42 heavy (non-hydrogen) atoms. The summed E-state index contributed by atoms with van der Waals surface area (Å²) in [4.78, 5) is 29.5. The van der Waals surface area contributed by atoms with Gasteiger partial charge in [0, 0.05) is 25.1 Å². The summed E-state index contributed by atoms with van der Waals surface area (Å²) < 4.78 is 38.0. The zero-order valence-corrected chi connectivity index (χ0v) is 26.0. The van der Waals surface area contributed by atoms with Gasteiger partial charge in [0.2, 0.25) is 21.8 Å². The van der Waals surface area contributed by atoms with Crippen LogP contribution in [0.1, 0.15) is 37.0 Å². The van der Waals surface area contributed by atoms with E-state index >= 15 is 0 Å². The summed E-state index contributed by atoms with van der Waals surface area (Å²) in [6, 6.07) is 20.9. The number of ether oxygens (including phenoxy) is 2. The number of nitrogens with zero attached hydrogens (tertiary/aromatic N) is 2. The third-order valence-corrected chi connectivity index (χ3v) is 8.21. The Morgan fingerprint density at radius 3 is 2.17 bits per heavy atom. The normalized spacial score (nSPS) is 12.6. The standard InChI is InChI=1S/C32H41N3O6S/c1-7-24(3)33-32(37)29(19-25-11-9-8-10-12-25)34(21-26-15-13-23(2)14-16-26)31(36)22-35(42(6,38)39)28-20-27(40-4)17-18-30(28)41-5/h8-18,20,24,29H,7,19,21-22H2,1-6H3,(H,33,37)/t24-,29-/m0/s1. The third kappa shape index (κ3) is 8.72. The van der Waals surface area contributed by atoms with Crippen LogP contribution in [0.15, 0.2) is 72.8 Å². The Bertz CT molecular complexity index is 1440. The fraction of sp³-hybridized carbons (Fsp3) is 0.375. The number of methoxy groups -OCH3 is 2. The number of nitrogens with one attached hydrogen (secondary N) is 1. The van der Waals surface area contributed by atoms with Crippen molar-refractivity contribution < 1.29 is 27.5 Å². The van der Waals surface area contributed by atoms with Crippen LogP contribution in [-0.4, -0.2) is 64.2 Å². The smallest absolute Gasteiger partial charge is 0.244 e. The molecular weight excluding hydrogens is 554 g/mol. The second-order valence-electron chi connectivity index (χ2n) is 10.3. The lowest BCUT2D eigenvalue weighted by molar-refractivity contribution is -0.140. The van der Waals surface area contributed by atoms with Crippen molar-refractivity contribution in [3.63, 3.8) is 0 Å². The molecule has 0 saturated carbocycles. The van der Waals surface area contributed by atoms with Crippen LogP contribution < -0.4 is 19.1 Å². The largest absolute Gasteiger partial charge is 0.497 e. The number of aryl methyl sites for hydroxylation is 1. The van der Waals surface area contributed by atoms with Crippen LogP contribution in [0.25, 0.3) is 0 Å². The summed E-state index contributed by atoms with van der Waals surface area (Å²) in [5.74, 6) is -0.183. The van der Waals surface area contributed by atoms with Crippen molar-refractivity contribution in [1.29, 1.82) is 0 Å². The van der Waals surface area contributed by atoms with Crippen LogP contribution in [0.5, 0.6) is 11.5 Å². The van der Waals surface area contributed by atoms with Crippen LogP contribution in [0.3, 0.4) is 0 Å². The molecular formula is C32H41N3O6S. The summed E-state index contributed by atoms with van der Waals surface area (Å²) in [6.45, 7) is 5.41. The van der Waals surface area contributed by atoms with E-state index < -0.39 is 28.5 Å². The highest BCUT2D eigenvalue weighted by molar-refractivity contribution is 7.92. The Morgan fingerprint density at radius 2 is 1.60 bits per heavy atom. The first kappa shape index (κ1) is 32.5. The van der Waals surface area contributed by atoms with E-state index in [9.17, 15) is 18.0 Å². The summed E-state index contributed by atoms with van der Waals surface area (Å²) in [7, 11) is -1.07. The molecule has 0 aliphatic heterocycles. The highest BCUT2D eigenvalue weighted by Gasteiger charge is 2.34. The molecule has 0 radical (unpaired) electrons. The summed E-state index contributed by atoms with van der Waals surface area (Å²) in [5, 5.41) is 3.03. The van der Waals surface area contributed by atoms with Crippen LogP contribution >= 0.6 is 0 Å². The predicted molar refractivity (Wildman–Crippen MR) is 165 cm³/mol. The minimum Gasteiger partial charge on any atom is -0.497 e. The zero-order valence-electron chi connectivity index (χ0n) is 25.2. The molecule has 10 heteroatoms. The quantitative estimate of drug-likeness (QED) is 0.298. The highest BCUT2D eigenvalue weighted by Crippen LogP contribution is 2.34. The van der Waals surface area contributed by atoms with Gasteiger partial charge in [0.15, 0.2) is 0 Å². The molecule has 0 aliphatic carbocycles. The predicted octanol–water partition coefficient (Wildman–Crippen LogP) is 4.33. The average Bonchev–Trinajstić information content (AvgIpc) is 2.97. The lowest BCUT2D eigenvalue weighted by atomic mass is 10.0. The van der Waals surface area contributed by atoms with E-state index in [-0.39, 0.29) is 36.4 Å². The molecule has 0 fully saturated rings.